The molecular formula is C26H30FN3O. The van der Waals surface area contributed by atoms with Gasteiger partial charge in [0.05, 0.1) is 6.54 Å². The van der Waals surface area contributed by atoms with Crippen LogP contribution in [-0.4, -0.2) is 21.5 Å². The maximum Gasteiger partial charge on any atom is 0.322 e. The lowest BCUT2D eigenvalue weighted by atomic mass is 9.94. The summed E-state index contributed by atoms with van der Waals surface area (Å²) in [6.07, 6.45) is 7.59. The molecule has 162 valence electrons. The molecule has 2 aromatic carbocycles. The summed E-state index contributed by atoms with van der Waals surface area (Å²) in [5.74, 6) is -0.353. The molecule has 0 atom stereocenters. The minimum atomic E-state index is -0.353. The Balaban J connectivity index is 1.54. The molecule has 4 nitrogen and oxygen atoms in total. The number of anilines is 1. The molecule has 1 aliphatic rings. The van der Waals surface area contributed by atoms with Gasteiger partial charge in [-0.25, -0.2) is 9.18 Å². The number of aromatic nitrogens is 1. The highest BCUT2D eigenvalue weighted by molar-refractivity contribution is 5.89. The summed E-state index contributed by atoms with van der Waals surface area (Å²) in [6, 6.07) is 18.7. The Hall–Kier alpha value is -3.08. The monoisotopic (exact) mass is 419 g/mol. The van der Waals surface area contributed by atoms with Gasteiger partial charge in [0, 0.05) is 30.2 Å². The summed E-state index contributed by atoms with van der Waals surface area (Å²) in [4.78, 5) is 15.2. The predicted octanol–water partition coefficient (Wildman–Crippen LogP) is 6.35. The minimum absolute atomic E-state index is 0.166. The van der Waals surface area contributed by atoms with Gasteiger partial charge in [-0.2, -0.15) is 0 Å². The molecule has 1 N–H and O–H groups in total. The highest BCUT2D eigenvalue weighted by Crippen LogP contribution is 2.25. The molecule has 1 aromatic heterocycles. The van der Waals surface area contributed by atoms with Gasteiger partial charge >= 0.3 is 6.03 Å². The zero-order valence-electron chi connectivity index (χ0n) is 18.1. The fourth-order valence-electron chi connectivity index (χ4n) is 4.45. The summed E-state index contributed by atoms with van der Waals surface area (Å²) in [5.41, 5.74) is 4.07. The van der Waals surface area contributed by atoms with Crippen molar-refractivity contribution in [2.45, 2.75) is 58.2 Å². The summed E-state index contributed by atoms with van der Waals surface area (Å²) in [7, 11) is 0. The lowest BCUT2D eigenvalue weighted by Gasteiger charge is -2.34. The molecule has 1 aliphatic carbocycles. The van der Waals surface area contributed by atoms with Gasteiger partial charge in [-0.3, -0.25) is 0 Å². The Morgan fingerprint density at radius 3 is 2.65 bits per heavy atom. The second-order valence-electron chi connectivity index (χ2n) is 8.48. The second kappa shape index (κ2) is 9.82. The van der Waals surface area contributed by atoms with Crippen molar-refractivity contribution in [2.75, 3.05) is 5.32 Å². The van der Waals surface area contributed by atoms with Gasteiger partial charge in [-0.1, -0.05) is 55.2 Å². The van der Waals surface area contributed by atoms with Crippen LogP contribution in [0.5, 0.6) is 0 Å². The van der Waals surface area contributed by atoms with Crippen molar-refractivity contribution in [3.63, 3.8) is 0 Å². The number of halogens is 1. The first-order valence-electron chi connectivity index (χ1n) is 11.1. The zero-order chi connectivity index (χ0) is 21.6. The summed E-state index contributed by atoms with van der Waals surface area (Å²) in [6.45, 7) is 3.40. The molecule has 1 fully saturated rings. The van der Waals surface area contributed by atoms with Crippen LogP contribution in [-0.2, 0) is 13.1 Å². The molecule has 3 aromatic rings. The van der Waals surface area contributed by atoms with E-state index in [-0.39, 0.29) is 17.9 Å². The number of carbonyl (C=O) groups is 1. The van der Waals surface area contributed by atoms with Gasteiger partial charge < -0.3 is 14.8 Å². The second-order valence-corrected chi connectivity index (χ2v) is 8.48. The van der Waals surface area contributed by atoms with E-state index in [0.717, 1.165) is 37.9 Å². The van der Waals surface area contributed by atoms with E-state index in [2.05, 4.69) is 53.3 Å². The molecule has 0 saturated heterocycles. The van der Waals surface area contributed by atoms with Crippen LogP contribution in [0.25, 0.3) is 0 Å². The number of aryl methyl sites for hydroxylation is 1. The topological polar surface area (TPSA) is 37.3 Å². The number of hydrogen-bond acceptors (Lipinski definition) is 1. The minimum Gasteiger partial charge on any atom is -0.345 e. The van der Waals surface area contributed by atoms with Crippen LogP contribution in [0.2, 0.25) is 0 Å². The Kier molecular flexibility index (Phi) is 6.70. The molecule has 0 spiro atoms. The lowest BCUT2D eigenvalue weighted by molar-refractivity contribution is 0.161. The van der Waals surface area contributed by atoms with Crippen molar-refractivity contribution in [1.29, 1.82) is 0 Å². The van der Waals surface area contributed by atoms with Crippen LogP contribution in [0.3, 0.4) is 0 Å². The third-order valence-corrected chi connectivity index (χ3v) is 6.04. The Labute approximate surface area is 183 Å². The largest absolute Gasteiger partial charge is 0.345 e. The first-order chi connectivity index (χ1) is 15.1. The average Bonchev–Trinajstić information content (AvgIpc) is 3.19. The van der Waals surface area contributed by atoms with Crippen LogP contribution >= 0.6 is 0 Å². The number of nitrogens with one attached hydrogen (secondary N) is 1. The molecule has 2 amide bonds. The van der Waals surface area contributed by atoms with E-state index in [4.69, 9.17) is 0 Å². The van der Waals surface area contributed by atoms with Crippen molar-refractivity contribution in [2.24, 2.45) is 0 Å². The quantitative estimate of drug-likeness (QED) is 0.497. The van der Waals surface area contributed by atoms with Crippen molar-refractivity contribution in [1.82, 2.24) is 9.47 Å². The summed E-state index contributed by atoms with van der Waals surface area (Å²) < 4.78 is 15.8. The standard InChI is InChI=1S/C26H30FN3O/c1-20-8-5-9-21(16-20)18-29-15-7-14-25(29)19-30(24-12-3-2-4-13-24)26(31)28-23-11-6-10-22(27)17-23/h5-11,14-17,24H,2-4,12-13,18-19H2,1H3,(H,28,31). The van der Waals surface area contributed by atoms with E-state index in [1.165, 1.54) is 29.7 Å². The van der Waals surface area contributed by atoms with E-state index in [0.29, 0.717) is 12.2 Å². The summed E-state index contributed by atoms with van der Waals surface area (Å²) in [5, 5.41) is 2.91. The van der Waals surface area contributed by atoms with Crippen molar-refractivity contribution in [3.05, 3.63) is 89.5 Å². The maximum atomic E-state index is 13.6. The van der Waals surface area contributed by atoms with Crippen LogP contribution < -0.4 is 5.32 Å². The van der Waals surface area contributed by atoms with Gasteiger partial charge in [0.15, 0.2) is 0 Å². The normalized spacial score (nSPS) is 14.4. The molecule has 0 bridgehead atoms. The van der Waals surface area contributed by atoms with E-state index >= 15 is 0 Å². The molecule has 0 unspecified atom stereocenters. The number of nitrogens with zero attached hydrogens (tertiary/aromatic N) is 2. The Bertz CT molecular complexity index is 1020. The number of benzene rings is 2. The smallest absolute Gasteiger partial charge is 0.322 e. The number of urea groups is 1. The number of amides is 2. The molecule has 0 aliphatic heterocycles. The molecular weight excluding hydrogens is 389 g/mol. The molecule has 1 saturated carbocycles. The SMILES string of the molecule is Cc1cccc(Cn2cccc2CN(C(=O)Nc2cccc(F)c2)C2CCCCC2)c1. The van der Waals surface area contributed by atoms with Gasteiger partial charge in [-0.05, 0) is 55.7 Å². The van der Waals surface area contributed by atoms with Gasteiger partial charge in [0.25, 0.3) is 0 Å². The van der Waals surface area contributed by atoms with Crippen LogP contribution in [0, 0.1) is 12.7 Å². The third-order valence-electron chi connectivity index (χ3n) is 6.04. The number of carbonyl (C=O) groups excluding carboxylic acids is 1. The van der Waals surface area contributed by atoms with Crippen molar-refractivity contribution < 1.29 is 9.18 Å². The van der Waals surface area contributed by atoms with Gasteiger partial charge in [0.2, 0.25) is 0 Å². The highest BCUT2D eigenvalue weighted by Gasteiger charge is 2.26. The molecule has 5 heteroatoms. The number of rotatable bonds is 6. The van der Waals surface area contributed by atoms with E-state index in [1.807, 2.05) is 11.0 Å². The molecule has 31 heavy (non-hydrogen) atoms. The van der Waals surface area contributed by atoms with Crippen LogP contribution in [0.1, 0.15) is 48.9 Å². The fraction of sp³-hybridized carbons (Fsp3) is 0.346. The van der Waals surface area contributed by atoms with E-state index < -0.39 is 0 Å². The fourth-order valence-corrected chi connectivity index (χ4v) is 4.45. The van der Waals surface area contributed by atoms with Crippen molar-refractivity contribution in [3.8, 4) is 0 Å². The maximum absolute atomic E-state index is 13.6. The first-order valence-corrected chi connectivity index (χ1v) is 11.1. The average molecular weight is 420 g/mol. The number of hydrogen-bond donors (Lipinski definition) is 1. The van der Waals surface area contributed by atoms with Crippen LogP contribution in [0.15, 0.2) is 66.9 Å². The predicted molar refractivity (Wildman–Crippen MR) is 123 cm³/mol. The Morgan fingerprint density at radius 1 is 1.06 bits per heavy atom. The Morgan fingerprint density at radius 2 is 1.87 bits per heavy atom. The first kappa shape index (κ1) is 21.2. The van der Waals surface area contributed by atoms with Gasteiger partial charge in [-0.15, -0.1) is 0 Å². The summed E-state index contributed by atoms with van der Waals surface area (Å²) >= 11 is 0. The third kappa shape index (κ3) is 5.54. The highest BCUT2D eigenvalue weighted by atomic mass is 19.1. The van der Waals surface area contributed by atoms with Gasteiger partial charge in [0.1, 0.15) is 5.82 Å². The molecule has 0 radical (unpaired) electrons. The zero-order valence-corrected chi connectivity index (χ0v) is 18.1. The van der Waals surface area contributed by atoms with E-state index in [9.17, 15) is 9.18 Å². The molecule has 4 rings (SSSR count). The van der Waals surface area contributed by atoms with E-state index in [1.54, 1.807) is 12.1 Å². The van der Waals surface area contributed by atoms with Crippen LogP contribution in [0.4, 0.5) is 14.9 Å². The lowest BCUT2D eigenvalue weighted by Crippen LogP contribution is -2.43. The van der Waals surface area contributed by atoms with Crippen molar-refractivity contribution >= 4 is 11.7 Å². The molecule has 1 heterocycles.